The summed E-state index contributed by atoms with van der Waals surface area (Å²) in [6, 6.07) is 7.53. The Morgan fingerprint density at radius 2 is 1.71 bits per heavy atom. The highest BCUT2D eigenvalue weighted by Gasteiger charge is 2.37. The summed E-state index contributed by atoms with van der Waals surface area (Å²) < 4.78 is 13.2. The van der Waals surface area contributed by atoms with E-state index in [1.54, 1.807) is 12.1 Å². The molecule has 21 heavy (non-hydrogen) atoms. The van der Waals surface area contributed by atoms with Gasteiger partial charge in [-0.25, -0.2) is 4.39 Å². The van der Waals surface area contributed by atoms with Gasteiger partial charge in [0.1, 0.15) is 5.82 Å². The molecule has 0 saturated heterocycles. The zero-order valence-corrected chi connectivity index (χ0v) is 14.0. The molecule has 0 bridgehead atoms. The molecule has 0 spiro atoms. The predicted molar refractivity (Wildman–Crippen MR) is 88.0 cm³/mol. The van der Waals surface area contributed by atoms with Gasteiger partial charge >= 0.3 is 0 Å². The summed E-state index contributed by atoms with van der Waals surface area (Å²) >= 11 is 0. The third-order valence-corrected chi connectivity index (χ3v) is 5.32. The first-order valence-electron chi connectivity index (χ1n) is 8.44. The lowest BCUT2D eigenvalue weighted by Gasteiger charge is -2.43. The third-order valence-electron chi connectivity index (χ3n) is 5.32. The molecule has 0 heterocycles. The third kappa shape index (κ3) is 3.85. The van der Waals surface area contributed by atoms with Crippen LogP contribution in [0.15, 0.2) is 24.3 Å². The molecule has 1 nitrogen and oxygen atoms in total. The molecule has 2 heteroatoms. The van der Waals surface area contributed by atoms with Crippen molar-refractivity contribution in [3.63, 3.8) is 0 Å². The Morgan fingerprint density at radius 3 is 2.24 bits per heavy atom. The van der Waals surface area contributed by atoms with Crippen molar-refractivity contribution in [2.45, 2.75) is 64.8 Å². The van der Waals surface area contributed by atoms with Gasteiger partial charge in [-0.1, -0.05) is 52.7 Å². The monoisotopic (exact) mass is 291 g/mol. The lowest BCUT2D eigenvalue weighted by atomic mass is 9.67. The van der Waals surface area contributed by atoms with E-state index >= 15 is 0 Å². The largest absolute Gasteiger partial charge is 0.313 e. The van der Waals surface area contributed by atoms with Crippen molar-refractivity contribution in [3.8, 4) is 0 Å². The van der Waals surface area contributed by atoms with Crippen LogP contribution in [0.4, 0.5) is 4.39 Å². The molecule has 0 amide bonds. The number of rotatable bonds is 5. The van der Waals surface area contributed by atoms with Gasteiger partial charge in [0.05, 0.1) is 0 Å². The van der Waals surface area contributed by atoms with Crippen LogP contribution >= 0.6 is 0 Å². The highest BCUT2D eigenvalue weighted by atomic mass is 19.1. The van der Waals surface area contributed by atoms with Crippen LogP contribution in [0, 0.1) is 17.7 Å². The van der Waals surface area contributed by atoms with Gasteiger partial charge in [0, 0.05) is 11.5 Å². The zero-order valence-electron chi connectivity index (χ0n) is 14.0. The van der Waals surface area contributed by atoms with E-state index in [1.807, 2.05) is 12.1 Å². The number of hydrogen-bond donors (Lipinski definition) is 1. The smallest absolute Gasteiger partial charge is 0.123 e. The molecule has 0 aliphatic heterocycles. The minimum atomic E-state index is -0.152. The molecule has 1 saturated carbocycles. The molecule has 1 N–H and O–H groups in total. The number of nitrogens with one attached hydrogen (secondary N) is 1. The number of halogens is 1. The molecule has 0 aromatic heterocycles. The molecule has 1 fully saturated rings. The maximum absolute atomic E-state index is 13.2. The van der Waals surface area contributed by atoms with E-state index < -0.39 is 0 Å². The van der Waals surface area contributed by atoms with E-state index in [-0.39, 0.29) is 11.2 Å². The fraction of sp³-hybridized carbons (Fsp3) is 0.684. The molecule has 1 unspecified atom stereocenters. The Hall–Kier alpha value is -0.890. The molecule has 1 aliphatic carbocycles. The summed E-state index contributed by atoms with van der Waals surface area (Å²) in [4.78, 5) is 0. The van der Waals surface area contributed by atoms with Gasteiger partial charge in [-0.15, -0.1) is 0 Å². The second kappa shape index (κ2) is 6.91. The first-order chi connectivity index (χ1) is 9.95. The van der Waals surface area contributed by atoms with E-state index in [0.29, 0.717) is 6.04 Å². The Bertz CT molecular complexity index is 429. The van der Waals surface area contributed by atoms with Crippen LogP contribution < -0.4 is 5.32 Å². The average molecular weight is 291 g/mol. The molecule has 1 atom stereocenters. The van der Waals surface area contributed by atoms with Crippen LogP contribution in [0.25, 0.3) is 0 Å². The van der Waals surface area contributed by atoms with Crippen LogP contribution in [0.5, 0.6) is 0 Å². The summed E-state index contributed by atoms with van der Waals surface area (Å²) in [5.41, 5.74) is 1.25. The van der Waals surface area contributed by atoms with Gasteiger partial charge in [-0.2, -0.15) is 0 Å². The average Bonchev–Trinajstić information content (AvgIpc) is 2.46. The van der Waals surface area contributed by atoms with Crippen molar-refractivity contribution in [2.24, 2.45) is 11.8 Å². The van der Waals surface area contributed by atoms with E-state index in [4.69, 9.17) is 0 Å². The van der Waals surface area contributed by atoms with Crippen LogP contribution in [0.1, 0.15) is 58.9 Å². The highest BCUT2D eigenvalue weighted by molar-refractivity contribution is 5.27. The molecular formula is C19H30FN. The van der Waals surface area contributed by atoms with Crippen molar-refractivity contribution in [1.82, 2.24) is 5.32 Å². The highest BCUT2D eigenvalue weighted by Crippen LogP contribution is 2.38. The maximum Gasteiger partial charge on any atom is 0.123 e. The maximum atomic E-state index is 13.2. The summed E-state index contributed by atoms with van der Waals surface area (Å²) in [5, 5.41) is 3.73. The van der Waals surface area contributed by atoms with E-state index in [0.717, 1.165) is 18.4 Å². The van der Waals surface area contributed by atoms with Gasteiger partial charge < -0.3 is 5.32 Å². The van der Waals surface area contributed by atoms with Crippen LogP contribution in [-0.4, -0.2) is 12.6 Å². The zero-order chi connectivity index (χ0) is 15.5. The first kappa shape index (κ1) is 16.5. The second-order valence-electron chi connectivity index (χ2n) is 7.28. The number of likely N-dealkylation sites (N-methyl/N-ethyl adjacent to an activating group) is 1. The molecule has 118 valence electrons. The van der Waals surface area contributed by atoms with Gasteiger partial charge in [-0.3, -0.25) is 0 Å². The first-order valence-corrected chi connectivity index (χ1v) is 8.44. The van der Waals surface area contributed by atoms with E-state index in [9.17, 15) is 4.39 Å². The van der Waals surface area contributed by atoms with Crippen molar-refractivity contribution in [2.75, 3.05) is 6.54 Å². The van der Waals surface area contributed by atoms with Gasteiger partial charge in [0.25, 0.3) is 0 Å². The standard InChI is InChI=1S/C19H30FN/c1-5-21-18(15-8-6-14(2)7-9-15)19(3,4)16-10-12-17(20)13-11-16/h10-15,18,21H,5-9H2,1-4H3. The lowest BCUT2D eigenvalue weighted by molar-refractivity contribution is 0.177. The molecule has 0 radical (unpaired) electrons. The fourth-order valence-corrected chi connectivity index (χ4v) is 3.91. The SMILES string of the molecule is CCNC(C1CCC(C)CC1)C(C)(C)c1ccc(F)cc1. The Balaban J connectivity index is 2.20. The van der Waals surface area contributed by atoms with Crippen molar-refractivity contribution >= 4 is 0 Å². The van der Waals surface area contributed by atoms with Crippen molar-refractivity contribution in [1.29, 1.82) is 0 Å². The Morgan fingerprint density at radius 1 is 1.14 bits per heavy atom. The minimum Gasteiger partial charge on any atom is -0.313 e. The van der Waals surface area contributed by atoms with Gasteiger partial charge in [0.2, 0.25) is 0 Å². The van der Waals surface area contributed by atoms with E-state index in [2.05, 4.69) is 33.0 Å². The summed E-state index contributed by atoms with van der Waals surface area (Å²) in [7, 11) is 0. The van der Waals surface area contributed by atoms with Crippen LogP contribution in [0.2, 0.25) is 0 Å². The second-order valence-corrected chi connectivity index (χ2v) is 7.28. The molecular weight excluding hydrogens is 261 g/mol. The van der Waals surface area contributed by atoms with Crippen LogP contribution in [-0.2, 0) is 5.41 Å². The predicted octanol–water partition coefficient (Wildman–Crippen LogP) is 4.91. The minimum absolute atomic E-state index is 0.0228. The van der Waals surface area contributed by atoms with E-state index in [1.165, 1.54) is 31.2 Å². The van der Waals surface area contributed by atoms with Crippen molar-refractivity contribution < 1.29 is 4.39 Å². The topological polar surface area (TPSA) is 12.0 Å². The van der Waals surface area contributed by atoms with Crippen molar-refractivity contribution in [3.05, 3.63) is 35.6 Å². The Labute approximate surface area is 129 Å². The van der Waals surface area contributed by atoms with Crippen LogP contribution in [0.3, 0.4) is 0 Å². The molecule has 1 aromatic rings. The van der Waals surface area contributed by atoms with Gasteiger partial charge in [-0.05, 0) is 48.9 Å². The summed E-state index contributed by atoms with van der Waals surface area (Å²) in [5.74, 6) is 1.44. The summed E-state index contributed by atoms with van der Waals surface area (Å²) in [6.45, 7) is 10.1. The number of benzene rings is 1. The fourth-order valence-electron chi connectivity index (χ4n) is 3.91. The molecule has 2 rings (SSSR count). The number of hydrogen-bond acceptors (Lipinski definition) is 1. The summed E-state index contributed by atoms with van der Waals surface area (Å²) in [6.07, 6.45) is 5.30. The lowest BCUT2D eigenvalue weighted by Crippen LogP contribution is -2.50. The quantitative estimate of drug-likeness (QED) is 0.813. The molecule has 1 aromatic carbocycles. The van der Waals surface area contributed by atoms with Gasteiger partial charge in [0.15, 0.2) is 0 Å². The Kier molecular flexibility index (Phi) is 5.43. The normalized spacial score (nSPS) is 24.8. The molecule has 1 aliphatic rings.